The van der Waals surface area contributed by atoms with Crippen LogP contribution in [0.25, 0.3) is 11.1 Å². The first kappa shape index (κ1) is 22.1. The maximum atomic E-state index is 13.1. The SMILES string of the molecule is O=C(O)C1CCN(C(c2ccc(-c3ccccc3)cc2)c2ccc(C(F)(F)F)cc2)CC1. The van der Waals surface area contributed by atoms with Gasteiger partial charge in [0.2, 0.25) is 0 Å². The minimum absolute atomic E-state index is 0.239. The number of nitrogens with zero attached hydrogens (tertiary/aromatic N) is 1. The lowest BCUT2D eigenvalue weighted by Crippen LogP contribution is -2.39. The lowest BCUT2D eigenvalue weighted by atomic mass is 9.90. The lowest BCUT2D eigenvalue weighted by molar-refractivity contribution is -0.143. The molecule has 0 amide bonds. The standard InChI is InChI=1S/C26H24F3NO2/c27-26(28,29)23-12-10-21(11-13-23)24(30-16-14-22(15-17-30)25(31)32)20-8-6-19(7-9-20)18-4-2-1-3-5-18/h1-13,22,24H,14-17H2,(H,31,32). The van der Waals surface area contributed by atoms with Gasteiger partial charge in [-0.3, -0.25) is 9.69 Å². The Morgan fingerprint density at radius 3 is 1.81 bits per heavy atom. The van der Waals surface area contributed by atoms with E-state index in [9.17, 15) is 23.1 Å². The van der Waals surface area contributed by atoms with E-state index in [-0.39, 0.29) is 12.0 Å². The van der Waals surface area contributed by atoms with Gasteiger partial charge in [0.05, 0.1) is 17.5 Å². The fourth-order valence-corrected chi connectivity index (χ4v) is 4.36. The molecule has 0 aliphatic carbocycles. The summed E-state index contributed by atoms with van der Waals surface area (Å²) in [7, 11) is 0. The van der Waals surface area contributed by atoms with Gasteiger partial charge in [-0.25, -0.2) is 0 Å². The number of halogens is 3. The quantitative estimate of drug-likeness (QED) is 0.510. The molecule has 6 heteroatoms. The number of benzene rings is 3. The summed E-state index contributed by atoms with van der Waals surface area (Å²) >= 11 is 0. The molecule has 0 spiro atoms. The first-order chi connectivity index (χ1) is 15.3. The van der Waals surface area contributed by atoms with Crippen LogP contribution in [0.5, 0.6) is 0 Å². The molecule has 1 unspecified atom stereocenters. The number of carboxylic acids is 1. The summed E-state index contributed by atoms with van der Waals surface area (Å²) in [6, 6.07) is 23.1. The maximum Gasteiger partial charge on any atom is 0.416 e. The van der Waals surface area contributed by atoms with Crippen LogP contribution in [0.1, 0.15) is 35.6 Å². The third-order valence-electron chi connectivity index (χ3n) is 6.13. The molecule has 0 radical (unpaired) electrons. The van der Waals surface area contributed by atoms with Gasteiger partial charge < -0.3 is 5.11 Å². The van der Waals surface area contributed by atoms with Crippen molar-refractivity contribution < 1.29 is 23.1 Å². The van der Waals surface area contributed by atoms with Crippen molar-refractivity contribution in [2.75, 3.05) is 13.1 Å². The van der Waals surface area contributed by atoms with Crippen LogP contribution in [0.3, 0.4) is 0 Å². The fourth-order valence-electron chi connectivity index (χ4n) is 4.36. The highest BCUT2D eigenvalue weighted by Gasteiger charge is 2.32. The van der Waals surface area contributed by atoms with E-state index in [1.807, 2.05) is 54.6 Å². The molecule has 1 fully saturated rings. The van der Waals surface area contributed by atoms with Crippen molar-refractivity contribution in [2.45, 2.75) is 25.1 Å². The number of piperidine rings is 1. The normalized spacial score (nSPS) is 16.6. The van der Waals surface area contributed by atoms with Crippen LogP contribution in [0.15, 0.2) is 78.9 Å². The van der Waals surface area contributed by atoms with E-state index >= 15 is 0 Å². The van der Waals surface area contributed by atoms with Crippen molar-refractivity contribution in [1.29, 1.82) is 0 Å². The van der Waals surface area contributed by atoms with Gasteiger partial charge in [-0.2, -0.15) is 13.2 Å². The highest BCUT2D eigenvalue weighted by atomic mass is 19.4. The summed E-state index contributed by atoms with van der Waals surface area (Å²) in [5.41, 5.74) is 3.21. The van der Waals surface area contributed by atoms with Gasteiger partial charge in [-0.1, -0.05) is 66.7 Å². The van der Waals surface area contributed by atoms with Gasteiger partial charge in [0.15, 0.2) is 0 Å². The zero-order valence-corrected chi connectivity index (χ0v) is 17.4. The molecule has 1 N–H and O–H groups in total. The fraction of sp³-hybridized carbons (Fsp3) is 0.269. The van der Waals surface area contributed by atoms with E-state index in [1.54, 1.807) is 0 Å². The molecular weight excluding hydrogens is 415 g/mol. The summed E-state index contributed by atoms with van der Waals surface area (Å²) in [4.78, 5) is 13.5. The van der Waals surface area contributed by atoms with E-state index in [4.69, 9.17) is 0 Å². The number of likely N-dealkylation sites (tertiary alicyclic amines) is 1. The molecule has 166 valence electrons. The molecule has 4 rings (SSSR count). The van der Waals surface area contributed by atoms with Crippen molar-refractivity contribution in [3.05, 3.63) is 95.6 Å². The van der Waals surface area contributed by atoms with Crippen LogP contribution < -0.4 is 0 Å². The lowest BCUT2D eigenvalue weighted by Gasteiger charge is -2.37. The molecule has 1 aliphatic heterocycles. The zero-order valence-electron chi connectivity index (χ0n) is 17.4. The van der Waals surface area contributed by atoms with Crippen LogP contribution >= 0.6 is 0 Å². The largest absolute Gasteiger partial charge is 0.481 e. The van der Waals surface area contributed by atoms with Crippen LogP contribution in [-0.4, -0.2) is 29.1 Å². The van der Waals surface area contributed by atoms with Gasteiger partial charge in [0, 0.05) is 0 Å². The third-order valence-corrected chi connectivity index (χ3v) is 6.13. The number of alkyl halides is 3. The number of carbonyl (C=O) groups is 1. The third kappa shape index (κ3) is 4.86. The highest BCUT2D eigenvalue weighted by molar-refractivity contribution is 5.70. The summed E-state index contributed by atoms with van der Waals surface area (Å²) in [5.74, 6) is -1.16. The second-order valence-corrected chi connectivity index (χ2v) is 8.16. The second-order valence-electron chi connectivity index (χ2n) is 8.16. The minimum Gasteiger partial charge on any atom is -0.481 e. The summed E-state index contributed by atoms with van der Waals surface area (Å²) < 4.78 is 39.2. The monoisotopic (exact) mass is 439 g/mol. The van der Waals surface area contributed by atoms with E-state index < -0.39 is 17.7 Å². The topological polar surface area (TPSA) is 40.5 Å². The molecule has 1 aliphatic rings. The van der Waals surface area contributed by atoms with Gasteiger partial charge in [0.25, 0.3) is 0 Å². The Kier molecular flexibility index (Phi) is 6.33. The zero-order chi connectivity index (χ0) is 22.7. The van der Waals surface area contributed by atoms with E-state index in [0.29, 0.717) is 25.9 Å². The summed E-state index contributed by atoms with van der Waals surface area (Å²) in [6.45, 7) is 1.15. The number of hydrogen-bond acceptors (Lipinski definition) is 2. The molecule has 0 saturated carbocycles. The Morgan fingerprint density at radius 2 is 1.31 bits per heavy atom. The summed E-state index contributed by atoms with van der Waals surface area (Å²) in [6.07, 6.45) is -3.34. The first-order valence-electron chi connectivity index (χ1n) is 10.6. The molecule has 0 bridgehead atoms. The molecule has 1 atom stereocenters. The molecule has 1 heterocycles. The van der Waals surface area contributed by atoms with E-state index in [1.165, 1.54) is 12.1 Å². The number of aliphatic carboxylic acids is 1. The Balaban J connectivity index is 1.65. The Labute approximate surface area is 185 Å². The summed E-state index contributed by atoms with van der Waals surface area (Å²) in [5, 5.41) is 9.32. The first-order valence-corrected chi connectivity index (χ1v) is 10.6. The van der Waals surface area contributed by atoms with Crippen LogP contribution in [0.2, 0.25) is 0 Å². The van der Waals surface area contributed by atoms with E-state index in [0.717, 1.165) is 34.4 Å². The van der Waals surface area contributed by atoms with Gasteiger partial charge in [0.1, 0.15) is 0 Å². The molecular formula is C26H24F3NO2. The van der Waals surface area contributed by atoms with Gasteiger partial charge in [-0.15, -0.1) is 0 Å². The van der Waals surface area contributed by atoms with Crippen LogP contribution in [-0.2, 0) is 11.0 Å². The molecule has 3 nitrogen and oxygen atoms in total. The van der Waals surface area contributed by atoms with Crippen molar-refractivity contribution in [3.63, 3.8) is 0 Å². The van der Waals surface area contributed by atoms with Crippen molar-refractivity contribution in [2.24, 2.45) is 5.92 Å². The average Bonchev–Trinajstić information content (AvgIpc) is 2.80. The molecule has 32 heavy (non-hydrogen) atoms. The molecule has 1 saturated heterocycles. The van der Waals surface area contributed by atoms with E-state index in [2.05, 4.69) is 4.90 Å². The smallest absolute Gasteiger partial charge is 0.416 e. The maximum absolute atomic E-state index is 13.1. The molecule has 3 aromatic rings. The van der Waals surface area contributed by atoms with Crippen molar-refractivity contribution in [1.82, 2.24) is 4.90 Å². The number of carboxylic acid groups (broad SMARTS) is 1. The Hall–Kier alpha value is -3.12. The van der Waals surface area contributed by atoms with Crippen LogP contribution in [0.4, 0.5) is 13.2 Å². The minimum atomic E-state index is -4.38. The number of hydrogen-bond donors (Lipinski definition) is 1. The average molecular weight is 439 g/mol. The number of rotatable bonds is 5. The van der Waals surface area contributed by atoms with Gasteiger partial charge in [-0.05, 0) is 60.3 Å². The van der Waals surface area contributed by atoms with Gasteiger partial charge >= 0.3 is 12.1 Å². The van der Waals surface area contributed by atoms with Crippen molar-refractivity contribution >= 4 is 5.97 Å². The van der Waals surface area contributed by atoms with Crippen LogP contribution in [0, 0.1) is 5.92 Å². The predicted octanol–water partition coefficient (Wildman–Crippen LogP) is 6.26. The van der Waals surface area contributed by atoms with Crippen molar-refractivity contribution in [3.8, 4) is 11.1 Å². The Bertz CT molecular complexity index is 1040. The Morgan fingerprint density at radius 1 is 0.812 bits per heavy atom. The predicted molar refractivity (Wildman–Crippen MR) is 117 cm³/mol. The molecule has 3 aromatic carbocycles. The molecule has 0 aromatic heterocycles. The second kappa shape index (κ2) is 9.17. The highest BCUT2D eigenvalue weighted by Crippen LogP contribution is 2.36.